The van der Waals surface area contributed by atoms with Crippen LogP contribution in [-0.4, -0.2) is 46.9 Å². The molecule has 3 atom stereocenters. The number of rotatable bonds is 47. The van der Waals surface area contributed by atoms with Gasteiger partial charge in [0.1, 0.15) is 6.10 Å². The van der Waals surface area contributed by atoms with Gasteiger partial charge in [-0.2, -0.15) is 0 Å². The molecule has 0 aliphatic rings. The maximum Gasteiger partial charge on any atom is 0.306 e. The Hall–Kier alpha value is -2.70. The van der Waals surface area contributed by atoms with Crippen molar-refractivity contribution in [1.82, 2.24) is 5.32 Å². The highest BCUT2D eigenvalue weighted by Crippen LogP contribution is 2.17. The molecule has 0 aliphatic heterocycles. The van der Waals surface area contributed by atoms with E-state index in [4.69, 9.17) is 4.74 Å². The van der Waals surface area contributed by atoms with Gasteiger partial charge in [-0.3, -0.25) is 9.59 Å². The van der Waals surface area contributed by atoms with Crippen molar-refractivity contribution >= 4 is 11.9 Å². The predicted octanol–water partition coefficient (Wildman–Crippen LogP) is 16.2. The summed E-state index contributed by atoms with van der Waals surface area (Å²) in [5.41, 5.74) is 0. The topological polar surface area (TPSA) is 95.9 Å². The molecule has 1 amide bonds. The van der Waals surface area contributed by atoms with Crippen LogP contribution in [0.15, 0.2) is 72.9 Å². The third kappa shape index (κ3) is 45.7. The van der Waals surface area contributed by atoms with Crippen LogP contribution in [0.25, 0.3) is 0 Å². The summed E-state index contributed by atoms with van der Waals surface area (Å²) >= 11 is 0. The molecule has 0 rings (SSSR count). The first kappa shape index (κ1) is 60.3. The summed E-state index contributed by atoms with van der Waals surface area (Å²) in [7, 11) is 0. The number of esters is 1. The molecule has 63 heavy (non-hydrogen) atoms. The second-order valence-corrected chi connectivity index (χ2v) is 18.0. The Balaban J connectivity index is 4.61. The van der Waals surface area contributed by atoms with Crippen LogP contribution in [0.4, 0.5) is 0 Å². The molecule has 6 heteroatoms. The fourth-order valence-corrected chi connectivity index (χ4v) is 7.82. The second-order valence-electron chi connectivity index (χ2n) is 18.0. The number of unbranched alkanes of at least 4 members (excludes halogenated alkanes) is 26. The number of carbonyl (C=O) groups excluding carboxylic acids is 2. The van der Waals surface area contributed by atoms with Crippen molar-refractivity contribution in [3.63, 3.8) is 0 Å². The SMILES string of the molecule is CC/C=C/C=C/C=C/C=C\CCCCCC(CC(=O)NC(CO)C(O)CCCCCCCCCCCCCCCC)OC(=O)CCCCCCCCC/C=C\C/C=C\CCCCC. The molecule has 0 heterocycles. The zero-order valence-corrected chi connectivity index (χ0v) is 41.4. The number of ether oxygens (including phenoxy) is 1. The summed E-state index contributed by atoms with van der Waals surface area (Å²) in [6, 6.07) is -0.719. The minimum absolute atomic E-state index is 0.0460. The van der Waals surface area contributed by atoms with Gasteiger partial charge >= 0.3 is 5.97 Å². The van der Waals surface area contributed by atoms with E-state index in [1.54, 1.807) is 0 Å². The lowest BCUT2D eigenvalue weighted by molar-refractivity contribution is -0.151. The van der Waals surface area contributed by atoms with E-state index in [-0.39, 0.29) is 24.9 Å². The van der Waals surface area contributed by atoms with E-state index in [1.807, 2.05) is 24.3 Å². The molecule has 6 nitrogen and oxygen atoms in total. The zero-order valence-electron chi connectivity index (χ0n) is 41.4. The molecule has 364 valence electrons. The van der Waals surface area contributed by atoms with Crippen LogP contribution >= 0.6 is 0 Å². The lowest BCUT2D eigenvalue weighted by atomic mass is 10.0. The van der Waals surface area contributed by atoms with Crippen molar-refractivity contribution in [3.8, 4) is 0 Å². The number of allylic oxidation sites excluding steroid dienone is 12. The molecule has 3 unspecified atom stereocenters. The Morgan fingerprint density at radius 3 is 1.48 bits per heavy atom. The van der Waals surface area contributed by atoms with Crippen LogP contribution in [0.3, 0.4) is 0 Å². The summed E-state index contributed by atoms with van der Waals surface area (Å²) < 4.78 is 5.92. The molecular weight excluding hydrogens is 779 g/mol. The van der Waals surface area contributed by atoms with Gasteiger partial charge in [0, 0.05) is 6.42 Å². The molecule has 0 aromatic rings. The maximum absolute atomic E-state index is 13.2. The van der Waals surface area contributed by atoms with Crippen molar-refractivity contribution < 1.29 is 24.5 Å². The van der Waals surface area contributed by atoms with Crippen LogP contribution in [-0.2, 0) is 14.3 Å². The van der Waals surface area contributed by atoms with E-state index < -0.39 is 18.2 Å². The Kier molecular flexibility index (Phi) is 48.1. The number of aliphatic hydroxyl groups is 2. The van der Waals surface area contributed by atoms with E-state index in [1.165, 1.54) is 122 Å². The van der Waals surface area contributed by atoms with Crippen molar-refractivity contribution in [1.29, 1.82) is 0 Å². The minimum Gasteiger partial charge on any atom is -0.462 e. The first-order chi connectivity index (χ1) is 31.0. The molecule has 0 radical (unpaired) electrons. The third-order valence-electron chi connectivity index (χ3n) is 11.9. The van der Waals surface area contributed by atoms with Crippen molar-refractivity contribution in [2.45, 2.75) is 270 Å². The lowest BCUT2D eigenvalue weighted by Crippen LogP contribution is -2.46. The lowest BCUT2D eigenvalue weighted by Gasteiger charge is -2.24. The van der Waals surface area contributed by atoms with Crippen LogP contribution in [0.2, 0.25) is 0 Å². The second kappa shape index (κ2) is 50.3. The molecule has 0 aliphatic carbocycles. The van der Waals surface area contributed by atoms with Crippen molar-refractivity contribution in [2.24, 2.45) is 0 Å². The third-order valence-corrected chi connectivity index (χ3v) is 11.9. The predicted molar refractivity (Wildman–Crippen MR) is 273 cm³/mol. The molecule has 0 aromatic carbocycles. The summed E-state index contributed by atoms with van der Waals surface area (Å²) in [4.78, 5) is 26.2. The highest BCUT2D eigenvalue weighted by molar-refractivity contribution is 5.77. The van der Waals surface area contributed by atoms with Gasteiger partial charge < -0.3 is 20.3 Å². The number of hydrogen-bond donors (Lipinski definition) is 3. The van der Waals surface area contributed by atoms with Crippen LogP contribution < -0.4 is 5.32 Å². The van der Waals surface area contributed by atoms with Crippen LogP contribution in [0, 0.1) is 0 Å². The van der Waals surface area contributed by atoms with E-state index >= 15 is 0 Å². The highest BCUT2D eigenvalue weighted by atomic mass is 16.5. The number of amides is 1. The molecule has 0 saturated heterocycles. The monoisotopic (exact) mass is 880 g/mol. The van der Waals surface area contributed by atoms with Crippen molar-refractivity contribution in [3.05, 3.63) is 72.9 Å². The van der Waals surface area contributed by atoms with Gasteiger partial charge in [-0.05, 0) is 77.0 Å². The standard InChI is InChI=1S/C57H101NO5/c1-4-7-10-13-16-19-22-25-27-28-29-32-35-38-41-44-47-50-57(62)63-53(48-45-42-39-36-33-30-24-21-18-15-12-9-6-3)51-56(61)58-54(52-59)55(60)49-46-43-40-37-34-31-26-23-20-17-14-11-8-5-2/h9,12,15-16,18-19,21,24-25,27,30,33,53-55,59-60H,4-8,10-11,13-14,17,20,22-23,26,28-29,31-32,34-52H2,1-3H3,(H,58,61)/b12-9+,18-15+,19-16-,24-21+,27-25-,33-30-. The van der Waals surface area contributed by atoms with E-state index in [0.717, 1.165) is 83.5 Å². The Bertz CT molecular complexity index is 1170. The van der Waals surface area contributed by atoms with E-state index in [0.29, 0.717) is 19.3 Å². The summed E-state index contributed by atoms with van der Waals surface area (Å²) in [6.45, 7) is 6.31. The molecule has 3 N–H and O–H groups in total. The van der Waals surface area contributed by atoms with Gasteiger partial charge in [0.25, 0.3) is 0 Å². The Morgan fingerprint density at radius 1 is 0.492 bits per heavy atom. The first-order valence-electron chi connectivity index (χ1n) is 26.7. The fraction of sp³-hybridized carbons (Fsp3) is 0.754. The number of carbonyl (C=O) groups is 2. The molecular formula is C57H101NO5. The largest absolute Gasteiger partial charge is 0.462 e. The maximum atomic E-state index is 13.2. The quantitative estimate of drug-likeness (QED) is 0.0245. The van der Waals surface area contributed by atoms with Gasteiger partial charge in [-0.25, -0.2) is 0 Å². The molecule has 0 spiro atoms. The van der Waals surface area contributed by atoms with E-state index in [2.05, 4.69) is 74.7 Å². The highest BCUT2D eigenvalue weighted by Gasteiger charge is 2.24. The number of hydrogen-bond acceptors (Lipinski definition) is 5. The summed E-state index contributed by atoms with van der Waals surface area (Å²) in [5.74, 6) is -0.521. The van der Waals surface area contributed by atoms with Gasteiger partial charge in [0.05, 0.1) is 25.2 Å². The summed E-state index contributed by atoms with van der Waals surface area (Å²) in [6.07, 6.45) is 63.9. The molecule has 0 saturated carbocycles. The van der Waals surface area contributed by atoms with Gasteiger partial charge in [-0.1, -0.05) is 235 Å². The average Bonchev–Trinajstić information content (AvgIpc) is 3.28. The zero-order chi connectivity index (χ0) is 45.9. The normalized spacial score (nSPS) is 13.8. The van der Waals surface area contributed by atoms with Gasteiger partial charge in [-0.15, -0.1) is 0 Å². The fourth-order valence-electron chi connectivity index (χ4n) is 7.82. The smallest absolute Gasteiger partial charge is 0.306 e. The Labute approximate surface area is 390 Å². The first-order valence-corrected chi connectivity index (χ1v) is 26.7. The van der Waals surface area contributed by atoms with Crippen LogP contribution in [0.5, 0.6) is 0 Å². The minimum atomic E-state index is -0.802. The molecule has 0 fully saturated rings. The van der Waals surface area contributed by atoms with Crippen molar-refractivity contribution in [2.75, 3.05) is 6.61 Å². The van der Waals surface area contributed by atoms with E-state index in [9.17, 15) is 19.8 Å². The van der Waals surface area contributed by atoms with Crippen LogP contribution in [0.1, 0.15) is 252 Å². The number of nitrogens with one attached hydrogen (secondary N) is 1. The van der Waals surface area contributed by atoms with Gasteiger partial charge in [0.2, 0.25) is 5.91 Å². The Morgan fingerprint density at radius 2 is 0.921 bits per heavy atom. The molecule has 0 bridgehead atoms. The summed E-state index contributed by atoms with van der Waals surface area (Å²) in [5, 5.41) is 23.8. The number of aliphatic hydroxyl groups excluding tert-OH is 2. The van der Waals surface area contributed by atoms with Gasteiger partial charge in [0.15, 0.2) is 0 Å². The average molecular weight is 880 g/mol. The molecule has 0 aromatic heterocycles.